The van der Waals surface area contributed by atoms with Crippen molar-refractivity contribution in [2.24, 2.45) is 0 Å². The quantitative estimate of drug-likeness (QED) is 0.612. The Morgan fingerprint density at radius 1 is 1.35 bits per heavy atom. The summed E-state index contributed by atoms with van der Waals surface area (Å²) in [6.45, 7) is 6.12. The van der Waals surface area contributed by atoms with Crippen LogP contribution in [0.2, 0.25) is 0 Å². The van der Waals surface area contributed by atoms with Gasteiger partial charge in [0.2, 0.25) is 5.78 Å². The van der Waals surface area contributed by atoms with Gasteiger partial charge in [-0.3, -0.25) is 14.4 Å². The molecule has 0 spiro atoms. The van der Waals surface area contributed by atoms with E-state index in [1.165, 1.54) is 24.9 Å². The van der Waals surface area contributed by atoms with Gasteiger partial charge >= 0.3 is 5.97 Å². The number of aryl methyl sites for hydroxylation is 1. The van der Waals surface area contributed by atoms with Crippen LogP contribution in [0, 0.1) is 13.8 Å². The van der Waals surface area contributed by atoms with Crippen LogP contribution in [0.4, 0.5) is 0 Å². The molecular formula is C14H17N5O4. The van der Waals surface area contributed by atoms with Gasteiger partial charge in [0.25, 0.3) is 0 Å². The van der Waals surface area contributed by atoms with Crippen LogP contribution >= 0.6 is 0 Å². The molecule has 0 saturated heterocycles. The van der Waals surface area contributed by atoms with Gasteiger partial charge in [-0.1, -0.05) is 0 Å². The lowest BCUT2D eigenvalue weighted by Crippen LogP contribution is -2.27. The van der Waals surface area contributed by atoms with Crippen LogP contribution in [-0.2, 0) is 16.1 Å². The average Bonchev–Trinajstić information content (AvgIpc) is 3.05. The first-order valence-electron chi connectivity index (χ1n) is 6.95. The van der Waals surface area contributed by atoms with Gasteiger partial charge in [-0.15, -0.1) is 5.10 Å². The molecule has 2 aromatic heterocycles. The molecule has 0 unspecified atom stereocenters. The summed E-state index contributed by atoms with van der Waals surface area (Å²) in [6, 6.07) is 0. The van der Waals surface area contributed by atoms with E-state index in [0.29, 0.717) is 16.8 Å². The van der Waals surface area contributed by atoms with Gasteiger partial charge in [-0.2, -0.15) is 0 Å². The first kappa shape index (κ1) is 16.5. The molecule has 23 heavy (non-hydrogen) atoms. The summed E-state index contributed by atoms with van der Waals surface area (Å²) in [7, 11) is 0. The van der Waals surface area contributed by atoms with Crippen LogP contribution in [0.25, 0.3) is 0 Å². The van der Waals surface area contributed by atoms with Crippen molar-refractivity contribution in [2.75, 3.05) is 0 Å². The fourth-order valence-corrected chi connectivity index (χ4v) is 2.40. The third kappa shape index (κ3) is 3.50. The summed E-state index contributed by atoms with van der Waals surface area (Å²) in [6.07, 6.45) is 0.279. The Labute approximate surface area is 132 Å². The summed E-state index contributed by atoms with van der Waals surface area (Å²) in [5.41, 5.74) is 1.94. The van der Waals surface area contributed by atoms with Crippen LogP contribution in [0.1, 0.15) is 46.0 Å². The molecule has 0 amide bonds. The number of esters is 1. The third-order valence-electron chi connectivity index (χ3n) is 3.40. The van der Waals surface area contributed by atoms with Crippen LogP contribution in [0.5, 0.6) is 0 Å². The molecule has 1 N–H and O–H groups in total. The molecule has 2 heterocycles. The van der Waals surface area contributed by atoms with E-state index in [1.807, 2.05) is 0 Å². The molecule has 0 aliphatic heterocycles. The van der Waals surface area contributed by atoms with E-state index >= 15 is 0 Å². The molecule has 0 aromatic carbocycles. The number of carbonyl (C=O) groups excluding carboxylic acids is 3. The molecule has 0 saturated carbocycles. The summed E-state index contributed by atoms with van der Waals surface area (Å²) < 4.78 is 6.29. The Balaban J connectivity index is 2.09. The van der Waals surface area contributed by atoms with Crippen molar-refractivity contribution in [3.8, 4) is 0 Å². The number of hydrogen-bond donors (Lipinski definition) is 1. The molecule has 2 rings (SSSR count). The zero-order valence-corrected chi connectivity index (χ0v) is 13.3. The number of aromatic nitrogens is 5. The second-order valence-electron chi connectivity index (χ2n) is 5.18. The number of nitrogens with one attached hydrogen (secondary N) is 1. The minimum atomic E-state index is -0.990. The van der Waals surface area contributed by atoms with Crippen molar-refractivity contribution in [3.05, 3.63) is 28.8 Å². The normalized spacial score (nSPS) is 12.0. The molecule has 0 aliphatic rings. The lowest BCUT2D eigenvalue weighted by Gasteiger charge is -2.12. The first-order valence-corrected chi connectivity index (χ1v) is 6.95. The number of nitrogens with zero attached hydrogens (tertiary/aromatic N) is 4. The lowest BCUT2D eigenvalue weighted by atomic mass is 10.0. The standard InChI is InChI=1S/C14H17N5O4/c1-7-12(9(3)20)8(2)16-13(7)14(22)10(4)23-11(21)5-19-6-15-17-18-19/h6,10,16H,5H2,1-4H3/t10-/m0/s1. The van der Waals surface area contributed by atoms with Crippen LogP contribution in [0.15, 0.2) is 6.33 Å². The summed E-state index contributed by atoms with van der Waals surface area (Å²) >= 11 is 0. The first-order chi connectivity index (χ1) is 10.8. The summed E-state index contributed by atoms with van der Waals surface area (Å²) in [4.78, 5) is 38.7. The zero-order chi connectivity index (χ0) is 17.1. The Morgan fingerprint density at radius 2 is 2.04 bits per heavy atom. The predicted octanol–water partition coefficient (Wildman–Crippen LogP) is 0.635. The van der Waals surface area contributed by atoms with Crippen molar-refractivity contribution in [1.82, 2.24) is 25.2 Å². The number of rotatable bonds is 6. The predicted molar refractivity (Wildman–Crippen MR) is 78.0 cm³/mol. The van der Waals surface area contributed by atoms with Crippen LogP contribution in [0.3, 0.4) is 0 Å². The van der Waals surface area contributed by atoms with E-state index in [0.717, 1.165) is 0 Å². The highest BCUT2D eigenvalue weighted by atomic mass is 16.5. The van der Waals surface area contributed by atoms with E-state index in [2.05, 4.69) is 20.5 Å². The van der Waals surface area contributed by atoms with Crippen molar-refractivity contribution in [2.45, 2.75) is 40.3 Å². The number of carbonyl (C=O) groups is 3. The molecule has 0 bridgehead atoms. The highest BCUT2D eigenvalue weighted by molar-refractivity contribution is 6.05. The molecule has 1 atom stereocenters. The zero-order valence-electron chi connectivity index (χ0n) is 13.3. The highest BCUT2D eigenvalue weighted by Gasteiger charge is 2.26. The highest BCUT2D eigenvalue weighted by Crippen LogP contribution is 2.20. The van der Waals surface area contributed by atoms with Crippen molar-refractivity contribution in [3.63, 3.8) is 0 Å². The van der Waals surface area contributed by atoms with Gasteiger partial charge < -0.3 is 9.72 Å². The van der Waals surface area contributed by atoms with E-state index in [1.54, 1.807) is 13.8 Å². The molecule has 122 valence electrons. The van der Waals surface area contributed by atoms with Gasteiger partial charge in [-0.05, 0) is 43.7 Å². The van der Waals surface area contributed by atoms with Gasteiger partial charge in [-0.25, -0.2) is 4.68 Å². The van der Waals surface area contributed by atoms with E-state index < -0.39 is 17.9 Å². The minimum absolute atomic E-state index is 0.126. The lowest BCUT2D eigenvalue weighted by molar-refractivity contribution is -0.147. The Bertz CT molecular complexity index is 748. The summed E-state index contributed by atoms with van der Waals surface area (Å²) in [5.74, 6) is -1.16. The SMILES string of the molecule is CC(=O)c1c(C)[nH]c(C(=O)[C@H](C)OC(=O)Cn2cnnn2)c1C. The smallest absolute Gasteiger partial charge is 0.328 e. The molecule has 0 radical (unpaired) electrons. The number of hydrogen-bond acceptors (Lipinski definition) is 7. The third-order valence-corrected chi connectivity index (χ3v) is 3.40. The molecule has 2 aromatic rings. The molecule has 9 nitrogen and oxygen atoms in total. The summed E-state index contributed by atoms with van der Waals surface area (Å²) in [5, 5.41) is 10.3. The number of aromatic amines is 1. The number of ketones is 2. The second-order valence-corrected chi connectivity index (χ2v) is 5.18. The van der Waals surface area contributed by atoms with Crippen molar-refractivity contribution >= 4 is 17.5 Å². The van der Waals surface area contributed by atoms with Crippen molar-refractivity contribution < 1.29 is 19.1 Å². The molecule has 9 heteroatoms. The molecule has 0 aliphatic carbocycles. The van der Waals surface area contributed by atoms with Crippen molar-refractivity contribution in [1.29, 1.82) is 0 Å². The van der Waals surface area contributed by atoms with E-state index in [9.17, 15) is 14.4 Å². The maximum Gasteiger partial charge on any atom is 0.328 e. The monoisotopic (exact) mass is 319 g/mol. The maximum atomic E-state index is 12.4. The second kappa shape index (κ2) is 6.51. The van der Waals surface area contributed by atoms with Gasteiger partial charge in [0, 0.05) is 11.3 Å². The van der Waals surface area contributed by atoms with Crippen LogP contribution < -0.4 is 0 Å². The molecule has 0 fully saturated rings. The van der Waals surface area contributed by atoms with Crippen LogP contribution in [-0.4, -0.2) is 48.8 Å². The number of H-pyrrole nitrogens is 1. The van der Waals surface area contributed by atoms with E-state index in [-0.39, 0.29) is 18.0 Å². The minimum Gasteiger partial charge on any atom is -0.453 e. The fourth-order valence-electron chi connectivity index (χ4n) is 2.40. The Hall–Kier alpha value is -2.84. The van der Waals surface area contributed by atoms with Gasteiger partial charge in [0.1, 0.15) is 12.9 Å². The van der Waals surface area contributed by atoms with Gasteiger partial charge in [0.05, 0.1) is 5.69 Å². The topological polar surface area (TPSA) is 120 Å². The number of ether oxygens (including phenoxy) is 1. The largest absolute Gasteiger partial charge is 0.453 e. The molecular weight excluding hydrogens is 302 g/mol. The Kier molecular flexibility index (Phi) is 4.68. The number of Topliss-reactive ketones (excluding diaryl/α,β-unsaturated/α-hetero) is 2. The Morgan fingerprint density at radius 3 is 2.57 bits per heavy atom. The average molecular weight is 319 g/mol. The number of tetrazole rings is 1. The van der Waals surface area contributed by atoms with Gasteiger partial charge in [0.15, 0.2) is 11.9 Å². The van der Waals surface area contributed by atoms with E-state index in [4.69, 9.17) is 4.74 Å². The fraction of sp³-hybridized carbons (Fsp3) is 0.429. The maximum absolute atomic E-state index is 12.4.